The van der Waals surface area contributed by atoms with E-state index in [1.807, 2.05) is 12.3 Å². The number of hydrogen-bond donors (Lipinski definition) is 1. The number of nitriles is 1. The van der Waals surface area contributed by atoms with Crippen LogP contribution < -0.4 is 0 Å². The number of amides is 1. The molecule has 136 valence electrons. The first-order valence-corrected chi connectivity index (χ1v) is 9.45. The van der Waals surface area contributed by atoms with Crippen molar-refractivity contribution in [3.63, 3.8) is 0 Å². The van der Waals surface area contributed by atoms with Crippen LogP contribution in [0.3, 0.4) is 0 Å². The molecule has 7 heteroatoms. The van der Waals surface area contributed by atoms with Crippen LogP contribution in [0.2, 0.25) is 0 Å². The van der Waals surface area contributed by atoms with Gasteiger partial charge in [0.05, 0.1) is 18.2 Å². The lowest BCUT2D eigenvalue weighted by molar-refractivity contribution is -0.173. The van der Waals surface area contributed by atoms with Gasteiger partial charge in [0.2, 0.25) is 0 Å². The third-order valence-electron chi connectivity index (χ3n) is 5.24. The van der Waals surface area contributed by atoms with Crippen molar-refractivity contribution < 1.29 is 14.6 Å². The van der Waals surface area contributed by atoms with Crippen LogP contribution in [0.1, 0.15) is 42.9 Å². The van der Waals surface area contributed by atoms with Crippen LogP contribution >= 0.6 is 11.3 Å². The van der Waals surface area contributed by atoms with Crippen molar-refractivity contribution in [3.05, 3.63) is 21.4 Å². The molecule has 1 amide bonds. The van der Waals surface area contributed by atoms with Crippen LogP contribution in [0.25, 0.3) is 0 Å². The molecular formula is C18H25N3O3S. The zero-order valence-electron chi connectivity index (χ0n) is 15.2. The molecule has 0 radical (unpaired) electrons. The van der Waals surface area contributed by atoms with Gasteiger partial charge in [-0.3, -0.25) is 4.90 Å². The van der Waals surface area contributed by atoms with Crippen molar-refractivity contribution in [3.8, 4) is 6.07 Å². The molecule has 0 saturated carbocycles. The fourth-order valence-electron chi connectivity index (χ4n) is 3.87. The highest BCUT2D eigenvalue weighted by Gasteiger charge is 2.46. The van der Waals surface area contributed by atoms with Gasteiger partial charge in [-0.25, -0.2) is 4.79 Å². The van der Waals surface area contributed by atoms with E-state index in [-0.39, 0.29) is 23.7 Å². The molecule has 2 aliphatic heterocycles. The second-order valence-corrected chi connectivity index (χ2v) is 8.84. The summed E-state index contributed by atoms with van der Waals surface area (Å²) in [6.07, 6.45) is -1.00. The summed E-state index contributed by atoms with van der Waals surface area (Å²) in [4.78, 5) is 16.0. The van der Waals surface area contributed by atoms with Gasteiger partial charge in [-0.15, -0.1) is 11.3 Å². The van der Waals surface area contributed by atoms with Crippen LogP contribution in [0.5, 0.6) is 0 Å². The lowest BCUT2D eigenvalue weighted by atomic mass is 9.81. The van der Waals surface area contributed by atoms with Gasteiger partial charge >= 0.3 is 6.09 Å². The quantitative estimate of drug-likeness (QED) is 0.830. The summed E-state index contributed by atoms with van der Waals surface area (Å²) in [5.74, 6) is 0. The Morgan fingerprint density at radius 1 is 1.40 bits per heavy atom. The normalized spacial score (nSPS) is 27.6. The summed E-state index contributed by atoms with van der Waals surface area (Å²) < 4.78 is 6.51. The average molecular weight is 363 g/mol. The summed E-state index contributed by atoms with van der Waals surface area (Å²) in [6.45, 7) is 10.9. The molecule has 0 bridgehead atoms. The third-order valence-corrected chi connectivity index (χ3v) is 6.25. The lowest BCUT2D eigenvalue weighted by Gasteiger charge is -2.52. The molecule has 25 heavy (non-hydrogen) atoms. The Hall–Kier alpha value is -1.62. The molecule has 1 unspecified atom stereocenters. The molecule has 2 aliphatic rings. The second-order valence-electron chi connectivity index (χ2n) is 7.96. The van der Waals surface area contributed by atoms with Gasteiger partial charge in [0, 0.05) is 26.2 Å². The number of morpholine rings is 1. The summed E-state index contributed by atoms with van der Waals surface area (Å²) in [5.41, 5.74) is 1.99. The van der Waals surface area contributed by atoms with Crippen LogP contribution in [0.15, 0.2) is 5.38 Å². The number of fused-ring (bicyclic) bond motifs is 1. The standard InChI is InChI=1S/C18H25N3O3S/c1-11-12(10-25-15(11)7-19)14-9-20-5-6-21(17(22)23)8-13(20)16(24-14)18(2,3)4/h10,13-14,16H,5-6,8-9H2,1-4H3,(H,22,23)/t13-,14-,16?/m0/s1. The molecule has 2 saturated heterocycles. The summed E-state index contributed by atoms with van der Waals surface area (Å²) >= 11 is 1.47. The molecule has 3 rings (SSSR count). The van der Waals surface area contributed by atoms with Crippen molar-refractivity contribution in [2.75, 3.05) is 26.2 Å². The first-order chi connectivity index (χ1) is 11.7. The predicted molar refractivity (Wildman–Crippen MR) is 95.8 cm³/mol. The molecule has 1 N–H and O–H groups in total. The highest BCUT2D eigenvalue weighted by Crippen LogP contribution is 2.40. The Balaban J connectivity index is 1.89. The molecular weight excluding hydrogens is 338 g/mol. The number of carbonyl (C=O) groups is 1. The zero-order valence-corrected chi connectivity index (χ0v) is 16.0. The van der Waals surface area contributed by atoms with Crippen LogP contribution in [-0.2, 0) is 4.74 Å². The molecule has 6 nitrogen and oxygen atoms in total. The Labute approximate surface area is 152 Å². The highest BCUT2D eigenvalue weighted by atomic mass is 32.1. The van der Waals surface area contributed by atoms with Gasteiger partial charge in [-0.2, -0.15) is 5.26 Å². The van der Waals surface area contributed by atoms with Crippen LogP contribution in [-0.4, -0.2) is 59.3 Å². The number of rotatable bonds is 1. The summed E-state index contributed by atoms with van der Waals surface area (Å²) in [7, 11) is 0. The van der Waals surface area contributed by atoms with Crippen molar-refractivity contribution in [2.24, 2.45) is 5.41 Å². The highest BCUT2D eigenvalue weighted by molar-refractivity contribution is 7.10. The number of carboxylic acid groups (broad SMARTS) is 1. The number of nitrogens with zero attached hydrogens (tertiary/aromatic N) is 3. The van der Waals surface area contributed by atoms with Gasteiger partial charge in [0.25, 0.3) is 0 Å². The SMILES string of the molecule is Cc1c([C@@H]2CN3CCN(C(=O)O)C[C@H]3C(C(C)(C)C)O2)csc1C#N. The monoisotopic (exact) mass is 363 g/mol. The molecule has 2 fully saturated rings. The lowest BCUT2D eigenvalue weighted by Crippen LogP contribution is -2.65. The van der Waals surface area contributed by atoms with Crippen LogP contribution in [0.4, 0.5) is 4.79 Å². The van der Waals surface area contributed by atoms with Gasteiger partial charge < -0.3 is 14.7 Å². The minimum Gasteiger partial charge on any atom is -0.465 e. The van der Waals surface area contributed by atoms with E-state index in [1.165, 1.54) is 16.2 Å². The van der Waals surface area contributed by atoms with E-state index < -0.39 is 6.09 Å². The van der Waals surface area contributed by atoms with E-state index in [9.17, 15) is 15.2 Å². The molecule has 3 atom stereocenters. The van der Waals surface area contributed by atoms with E-state index in [1.54, 1.807) is 0 Å². The minimum absolute atomic E-state index is 0.0653. The maximum absolute atomic E-state index is 11.4. The molecule has 1 aromatic rings. The Morgan fingerprint density at radius 2 is 2.12 bits per heavy atom. The van der Waals surface area contributed by atoms with E-state index in [0.29, 0.717) is 13.1 Å². The topological polar surface area (TPSA) is 76.8 Å². The van der Waals surface area contributed by atoms with Crippen molar-refractivity contribution in [1.29, 1.82) is 5.26 Å². The van der Waals surface area contributed by atoms with Gasteiger partial charge in [-0.05, 0) is 28.8 Å². The van der Waals surface area contributed by atoms with Gasteiger partial charge in [0.15, 0.2) is 0 Å². The number of piperazine rings is 1. The van der Waals surface area contributed by atoms with E-state index >= 15 is 0 Å². The molecule has 0 aromatic carbocycles. The first-order valence-electron chi connectivity index (χ1n) is 8.58. The van der Waals surface area contributed by atoms with Gasteiger partial charge in [0.1, 0.15) is 10.9 Å². The number of hydrogen-bond acceptors (Lipinski definition) is 5. The average Bonchev–Trinajstić information content (AvgIpc) is 2.93. The van der Waals surface area contributed by atoms with E-state index in [0.717, 1.165) is 29.1 Å². The predicted octanol–water partition coefficient (Wildman–Crippen LogP) is 3.08. The smallest absolute Gasteiger partial charge is 0.407 e. The number of thiophene rings is 1. The largest absolute Gasteiger partial charge is 0.465 e. The summed E-state index contributed by atoms with van der Waals surface area (Å²) in [6, 6.07) is 2.31. The van der Waals surface area contributed by atoms with E-state index in [4.69, 9.17) is 4.74 Å². The van der Waals surface area contributed by atoms with Crippen LogP contribution in [0, 0.1) is 23.7 Å². The zero-order chi connectivity index (χ0) is 18.4. The van der Waals surface area contributed by atoms with E-state index in [2.05, 4.69) is 31.7 Å². The van der Waals surface area contributed by atoms with Crippen molar-refractivity contribution in [2.45, 2.75) is 45.9 Å². The van der Waals surface area contributed by atoms with Gasteiger partial charge in [-0.1, -0.05) is 20.8 Å². The molecule has 1 aromatic heterocycles. The fourth-order valence-corrected chi connectivity index (χ4v) is 4.79. The molecule has 0 spiro atoms. The Bertz CT molecular complexity index is 703. The second kappa shape index (κ2) is 6.60. The maximum atomic E-state index is 11.4. The summed E-state index contributed by atoms with van der Waals surface area (Å²) in [5, 5.41) is 20.6. The maximum Gasteiger partial charge on any atom is 0.407 e. The first kappa shape index (κ1) is 18.2. The molecule has 0 aliphatic carbocycles. The molecule has 3 heterocycles. The number of ether oxygens (including phenoxy) is 1. The Kier molecular flexibility index (Phi) is 4.80. The third kappa shape index (κ3) is 3.39. The minimum atomic E-state index is -0.859. The van der Waals surface area contributed by atoms with Crippen molar-refractivity contribution >= 4 is 17.4 Å². The Morgan fingerprint density at radius 3 is 2.68 bits per heavy atom. The fraction of sp³-hybridized carbons (Fsp3) is 0.667. The van der Waals surface area contributed by atoms with Crippen molar-refractivity contribution in [1.82, 2.24) is 9.80 Å².